The van der Waals surface area contributed by atoms with Crippen molar-refractivity contribution in [1.82, 2.24) is 14.7 Å². The molecule has 4 nitrogen and oxygen atoms in total. The lowest BCUT2D eigenvalue weighted by Crippen LogP contribution is -2.33. The first kappa shape index (κ1) is 10.6. The van der Waals surface area contributed by atoms with Crippen LogP contribution < -0.4 is 5.73 Å². The third-order valence-corrected chi connectivity index (χ3v) is 3.22. The molecule has 0 amide bonds. The van der Waals surface area contributed by atoms with Crippen molar-refractivity contribution in [3.63, 3.8) is 0 Å². The summed E-state index contributed by atoms with van der Waals surface area (Å²) >= 11 is 0. The highest BCUT2D eigenvalue weighted by atomic mass is 15.3. The second-order valence-electron chi connectivity index (χ2n) is 4.31. The van der Waals surface area contributed by atoms with Crippen molar-refractivity contribution in [1.29, 1.82) is 0 Å². The van der Waals surface area contributed by atoms with Gasteiger partial charge in [-0.25, -0.2) is 0 Å². The van der Waals surface area contributed by atoms with E-state index in [1.807, 2.05) is 17.9 Å². The summed E-state index contributed by atoms with van der Waals surface area (Å²) in [6.45, 7) is 4.46. The third-order valence-electron chi connectivity index (χ3n) is 3.22. The van der Waals surface area contributed by atoms with E-state index in [2.05, 4.69) is 23.0 Å². The van der Waals surface area contributed by atoms with E-state index < -0.39 is 0 Å². The highest BCUT2D eigenvalue weighted by molar-refractivity contribution is 5.12. The summed E-state index contributed by atoms with van der Waals surface area (Å²) in [5, 5.41) is 4.22. The second kappa shape index (κ2) is 4.33. The van der Waals surface area contributed by atoms with Crippen molar-refractivity contribution in [3.8, 4) is 0 Å². The van der Waals surface area contributed by atoms with Crippen LogP contribution >= 0.6 is 0 Å². The molecule has 0 aromatic carbocycles. The van der Waals surface area contributed by atoms with E-state index in [1.165, 1.54) is 12.1 Å². The van der Waals surface area contributed by atoms with Gasteiger partial charge in [-0.3, -0.25) is 9.58 Å². The van der Waals surface area contributed by atoms with E-state index in [0.29, 0.717) is 6.04 Å². The van der Waals surface area contributed by atoms with Gasteiger partial charge in [-0.1, -0.05) is 6.92 Å². The smallest absolute Gasteiger partial charge is 0.0670 e. The van der Waals surface area contributed by atoms with E-state index in [-0.39, 0.29) is 6.04 Å². The van der Waals surface area contributed by atoms with Gasteiger partial charge in [0.25, 0.3) is 0 Å². The summed E-state index contributed by atoms with van der Waals surface area (Å²) in [4.78, 5) is 2.47. The van der Waals surface area contributed by atoms with E-state index in [1.54, 1.807) is 0 Å². The van der Waals surface area contributed by atoms with Gasteiger partial charge in [-0.15, -0.1) is 0 Å². The zero-order valence-corrected chi connectivity index (χ0v) is 9.56. The second-order valence-corrected chi connectivity index (χ2v) is 4.31. The number of nitrogens with zero attached hydrogens (tertiary/aromatic N) is 3. The molecule has 4 heteroatoms. The fourth-order valence-electron chi connectivity index (χ4n) is 2.50. The van der Waals surface area contributed by atoms with Gasteiger partial charge in [0.1, 0.15) is 0 Å². The molecule has 0 radical (unpaired) electrons. The van der Waals surface area contributed by atoms with Crippen LogP contribution in [0.25, 0.3) is 0 Å². The first-order valence-corrected chi connectivity index (χ1v) is 5.71. The molecule has 84 valence electrons. The maximum Gasteiger partial charge on any atom is 0.0670 e. The molecule has 1 aromatic rings. The minimum Gasteiger partial charge on any atom is -0.326 e. The number of aryl methyl sites for hydroxylation is 1. The summed E-state index contributed by atoms with van der Waals surface area (Å²) in [6, 6.07) is 2.70. The Hall–Kier alpha value is -0.870. The van der Waals surface area contributed by atoms with E-state index in [9.17, 15) is 0 Å². The Morgan fingerprint density at radius 1 is 1.60 bits per heavy atom. The van der Waals surface area contributed by atoms with E-state index in [0.717, 1.165) is 19.5 Å². The third kappa shape index (κ3) is 1.92. The molecule has 1 aromatic heterocycles. The topological polar surface area (TPSA) is 47.1 Å². The molecule has 0 spiro atoms. The molecule has 2 heterocycles. The standard InChI is InChI=1S/C11H20N4/c1-3-7-15-8-5-9(12)11(15)10-4-6-13-14(10)2/h4,6,9,11H,3,5,7-8,12H2,1-2H3. The summed E-state index contributed by atoms with van der Waals surface area (Å²) in [5.41, 5.74) is 7.42. The highest BCUT2D eigenvalue weighted by Gasteiger charge is 2.33. The van der Waals surface area contributed by atoms with E-state index >= 15 is 0 Å². The maximum absolute atomic E-state index is 6.18. The molecule has 1 aliphatic rings. The molecule has 0 bridgehead atoms. The fourth-order valence-corrected chi connectivity index (χ4v) is 2.50. The molecule has 1 fully saturated rings. The molecular weight excluding hydrogens is 188 g/mol. The van der Waals surface area contributed by atoms with Gasteiger partial charge in [-0.05, 0) is 25.5 Å². The number of likely N-dealkylation sites (tertiary alicyclic amines) is 1. The van der Waals surface area contributed by atoms with Crippen LogP contribution in [0.3, 0.4) is 0 Å². The van der Waals surface area contributed by atoms with Crippen LogP contribution in [0.5, 0.6) is 0 Å². The van der Waals surface area contributed by atoms with Gasteiger partial charge < -0.3 is 5.73 Å². The lowest BCUT2D eigenvalue weighted by atomic mass is 10.1. The van der Waals surface area contributed by atoms with Crippen molar-refractivity contribution < 1.29 is 0 Å². The number of aromatic nitrogens is 2. The summed E-state index contributed by atoms with van der Waals surface area (Å²) in [7, 11) is 1.99. The SMILES string of the molecule is CCCN1CCC(N)C1c1ccnn1C. The van der Waals surface area contributed by atoms with Crippen molar-refractivity contribution in [2.24, 2.45) is 12.8 Å². The number of hydrogen-bond donors (Lipinski definition) is 1. The van der Waals surface area contributed by atoms with Gasteiger partial charge in [0.15, 0.2) is 0 Å². The zero-order valence-electron chi connectivity index (χ0n) is 9.56. The van der Waals surface area contributed by atoms with Gasteiger partial charge in [0.2, 0.25) is 0 Å². The predicted molar refractivity (Wildman–Crippen MR) is 60.4 cm³/mol. The Kier molecular flexibility index (Phi) is 3.07. The molecule has 1 saturated heterocycles. The van der Waals surface area contributed by atoms with Gasteiger partial charge in [0.05, 0.1) is 11.7 Å². The van der Waals surface area contributed by atoms with Gasteiger partial charge in [-0.2, -0.15) is 5.10 Å². The number of hydrogen-bond acceptors (Lipinski definition) is 3. The lowest BCUT2D eigenvalue weighted by molar-refractivity contribution is 0.239. The van der Waals surface area contributed by atoms with Crippen LogP contribution in [0.15, 0.2) is 12.3 Å². The average molecular weight is 208 g/mol. The van der Waals surface area contributed by atoms with Crippen molar-refractivity contribution in [3.05, 3.63) is 18.0 Å². The average Bonchev–Trinajstić information content (AvgIpc) is 2.75. The highest BCUT2D eigenvalue weighted by Crippen LogP contribution is 2.30. The number of nitrogens with two attached hydrogens (primary N) is 1. The van der Waals surface area contributed by atoms with Crippen LogP contribution in [0.4, 0.5) is 0 Å². The zero-order chi connectivity index (χ0) is 10.8. The van der Waals surface area contributed by atoms with Crippen molar-refractivity contribution in [2.75, 3.05) is 13.1 Å². The van der Waals surface area contributed by atoms with E-state index in [4.69, 9.17) is 5.73 Å². The van der Waals surface area contributed by atoms with Crippen molar-refractivity contribution >= 4 is 0 Å². The Balaban J connectivity index is 2.21. The minimum atomic E-state index is 0.256. The van der Waals surface area contributed by atoms with Crippen LogP contribution in [-0.4, -0.2) is 33.8 Å². The maximum atomic E-state index is 6.18. The number of rotatable bonds is 3. The largest absolute Gasteiger partial charge is 0.326 e. The van der Waals surface area contributed by atoms with Gasteiger partial charge in [0, 0.05) is 25.8 Å². The molecule has 2 rings (SSSR count). The van der Waals surface area contributed by atoms with Crippen LogP contribution in [0.1, 0.15) is 31.5 Å². The van der Waals surface area contributed by atoms with Crippen LogP contribution in [-0.2, 0) is 7.05 Å². The first-order valence-electron chi connectivity index (χ1n) is 5.71. The molecule has 2 unspecified atom stereocenters. The minimum absolute atomic E-state index is 0.256. The summed E-state index contributed by atoms with van der Waals surface area (Å²) in [5.74, 6) is 0. The Morgan fingerprint density at radius 3 is 3.00 bits per heavy atom. The van der Waals surface area contributed by atoms with Gasteiger partial charge >= 0.3 is 0 Å². The summed E-state index contributed by atoms with van der Waals surface area (Å²) < 4.78 is 1.94. The Morgan fingerprint density at radius 2 is 2.40 bits per heavy atom. The molecule has 1 aliphatic heterocycles. The fraction of sp³-hybridized carbons (Fsp3) is 0.727. The lowest BCUT2D eigenvalue weighted by Gasteiger charge is -2.26. The van der Waals surface area contributed by atoms with Crippen LogP contribution in [0.2, 0.25) is 0 Å². The molecular formula is C11H20N4. The quantitative estimate of drug-likeness (QED) is 0.803. The Bertz CT molecular complexity index is 318. The first-order chi connectivity index (χ1) is 7.24. The molecule has 0 saturated carbocycles. The molecule has 2 N–H and O–H groups in total. The molecule has 2 atom stereocenters. The summed E-state index contributed by atoms with van der Waals surface area (Å²) in [6.07, 6.45) is 4.13. The van der Waals surface area contributed by atoms with Crippen LogP contribution in [0, 0.1) is 0 Å². The van der Waals surface area contributed by atoms with Crippen molar-refractivity contribution in [2.45, 2.75) is 31.8 Å². The monoisotopic (exact) mass is 208 g/mol. The normalized spacial score (nSPS) is 27.4. The predicted octanol–water partition coefficient (Wildman–Crippen LogP) is 0.904. The Labute approximate surface area is 91.1 Å². The molecule has 0 aliphatic carbocycles. The molecule has 15 heavy (non-hydrogen) atoms.